The molecule has 0 spiro atoms. The molecule has 0 aliphatic heterocycles. The third-order valence-corrected chi connectivity index (χ3v) is 2.95. The number of benzene rings is 1. The van der Waals surface area contributed by atoms with E-state index in [9.17, 15) is 13.2 Å². The Bertz CT molecular complexity index is 642. The van der Waals surface area contributed by atoms with Crippen LogP contribution in [0.3, 0.4) is 0 Å². The van der Waals surface area contributed by atoms with Crippen LogP contribution in [0.25, 0.3) is 0 Å². The number of halogens is 3. The summed E-state index contributed by atoms with van der Waals surface area (Å²) in [6.07, 6.45) is -4.57. The van der Waals surface area contributed by atoms with Crippen molar-refractivity contribution in [1.82, 2.24) is 9.97 Å². The SMILES string of the molecule is Cc1ccccc1N(C)c1cc(C(F)(F)F)nc(NN)n1. The van der Waals surface area contributed by atoms with E-state index in [0.29, 0.717) is 0 Å². The van der Waals surface area contributed by atoms with Gasteiger partial charge in [0.2, 0.25) is 5.95 Å². The van der Waals surface area contributed by atoms with Gasteiger partial charge in [0.05, 0.1) is 0 Å². The summed E-state index contributed by atoms with van der Waals surface area (Å²) >= 11 is 0. The van der Waals surface area contributed by atoms with Crippen molar-refractivity contribution in [2.24, 2.45) is 5.84 Å². The van der Waals surface area contributed by atoms with E-state index >= 15 is 0 Å². The van der Waals surface area contributed by atoms with Gasteiger partial charge in [-0.1, -0.05) is 18.2 Å². The van der Waals surface area contributed by atoms with Crippen LogP contribution in [0.15, 0.2) is 30.3 Å². The van der Waals surface area contributed by atoms with Crippen LogP contribution in [0.5, 0.6) is 0 Å². The fourth-order valence-electron chi connectivity index (χ4n) is 1.88. The lowest BCUT2D eigenvalue weighted by Gasteiger charge is -2.21. The maximum Gasteiger partial charge on any atom is 0.433 e. The second-order valence-electron chi connectivity index (χ2n) is 4.42. The van der Waals surface area contributed by atoms with Crippen LogP contribution in [0.2, 0.25) is 0 Å². The normalized spacial score (nSPS) is 11.3. The first-order valence-corrected chi connectivity index (χ1v) is 6.05. The molecule has 1 aromatic heterocycles. The van der Waals surface area contributed by atoms with Crippen molar-refractivity contribution in [3.05, 3.63) is 41.6 Å². The molecule has 8 heteroatoms. The molecule has 1 aromatic carbocycles. The standard InChI is InChI=1S/C13H14F3N5/c1-8-5-3-4-6-9(8)21(2)11-7-10(13(14,15)16)18-12(19-11)20-17/h3-7H,17H2,1-2H3,(H,18,19,20). The predicted octanol–water partition coefficient (Wildman–Crippen LogP) is 2.86. The molecule has 2 rings (SSSR count). The molecule has 0 fully saturated rings. The zero-order chi connectivity index (χ0) is 15.6. The lowest BCUT2D eigenvalue weighted by molar-refractivity contribution is -0.141. The largest absolute Gasteiger partial charge is 0.433 e. The molecule has 0 aliphatic rings. The number of hydrogen-bond donors (Lipinski definition) is 2. The Kier molecular flexibility index (Phi) is 3.99. The molecule has 0 bridgehead atoms. The van der Waals surface area contributed by atoms with Crippen molar-refractivity contribution in [2.45, 2.75) is 13.1 Å². The van der Waals surface area contributed by atoms with Crippen molar-refractivity contribution < 1.29 is 13.2 Å². The highest BCUT2D eigenvalue weighted by atomic mass is 19.4. The summed E-state index contributed by atoms with van der Waals surface area (Å²) in [5.74, 6) is 4.94. The Balaban J connectivity index is 2.51. The first-order valence-electron chi connectivity index (χ1n) is 6.05. The molecule has 0 amide bonds. The molecule has 0 saturated carbocycles. The summed E-state index contributed by atoms with van der Waals surface area (Å²) < 4.78 is 38.6. The number of aryl methyl sites for hydroxylation is 1. The predicted molar refractivity (Wildman–Crippen MR) is 74.1 cm³/mol. The van der Waals surface area contributed by atoms with Gasteiger partial charge in [-0.05, 0) is 18.6 Å². The van der Waals surface area contributed by atoms with E-state index in [-0.39, 0.29) is 11.8 Å². The minimum absolute atomic E-state index is 0.0968. The van der Waals surface area contributed by atoms with Gasteiger partial charge in [0.1, 0.15) is 5.82 Å². The third-order valence-electron chi connectivity index (χ3n) is 2.95. The van der Waals surface area contributed by atoms with E-state index in [4.69, 9.17) is 5.84 Å². The van der Waals surface area contributed by atoms with Crippen molar-refractivity contribution >= 4 is 17.5 Å². The second-order valence-corrected chi connectivity index (χ2v) is 4.42. The van der Waals surface area contributed by atoms with Crippen LogP contribution in [-0.2, 0) is 6.18 Å². The number of aromatic nitrogens is 2. The number of alkyl halides is 3. The number of anilines is 3. The first-order chi connectivity index (χ1) is 9.82. The number of rotatable bonds is 3. The number of nitrogen functional groups attached to an aromatic ring is 1. The molecule has 21 heavy (non-hydrogen) atoms. The van der Waals surface area contributed by atoms with E-state index < -0.39 is 11.9 Å². The van der Waals surface area contributed by atoms with E-state index in [1.165, 1.54) is 0 Å². The monoisotopic (exact) mass is 297 g/mol. The Morgan fingerprint density at radius 3 is 2.43 bits per heavy atom. The minimum Gasteiger partial charge on any atom is -0.329 e. The highest BCUT2D eigenvalue weighted by Crippen LogP contribution is 2.32. The molecule has 0 atom stereocenters. The molecule has 3 N–H and O–H groups in total. The van der Waals surface area contributed by atoms with Gasteiger partial charge < -0.3 is 4.90 Å². The smallest absolute Gasteiger partial charge is 0.329 e. The summed E-state index contributed by atoms with van der Waals surface area (Å²) in [4.78, 5) is 8.83. The van der Waals surface area contributed by atoms with Crippen LogP contribution in [0, 0.1) is 6.92 Å². The van der Waals surface area contributed by atoms with Gasteiger partial charge in [-0.2, -0.15) is 18.2 Å². The summed E-state index contributed by atoms with van der Waals surface area (Å²) in [6.45, 7) is 1.86. The van der Waals surface area contributed by atoms with Gasteiger partial charge in [-0.3, -0.25) is 5.43 Å². The number of nitrogens with two attached hydrogens (primary N) is 1. The topological polar surface area (TPSA) is 67.1 Å². The average molecular weight is 297 g/mol. The zero-order valence-electron chi connectivity index (χ0n) is 11.4. The lowest BCUT2D eigenvalue weighted by Crippen LogP contribution is -2.19. The fourth-order valence-corrected chi connectivity index (χ4v) is 1.88. The minimum atomic E-state index is -4.57. The van der Waals surface area contributed by atoms with Gasteiger partial charge in [-0.25, -0.2) is 10.8 Å². The highest BCUT2D eigenvalue weighted by Gasteiger charge is 2.34. The third kappa shape index (κ3) is 3.22. The number of hydrogen-bond acceptors (Lipinski definition) is 5. The van der Waals surface area contributed by atoms with Crippen molar-refractivity contribution in [2.75, 3.05) is 17.4 Å². The summed E-state index contributed by atoms with van der Waals surface area (Å²) in [7, 11) is 1.63. The Labute approximate surface area is 119 Å². The number of nitrogens with zero attached hydrogens (tertiary/aromatic N) is 3. The van der Waals surface area contributed by atoms with Gasteiger partial charge in [0, 0.05) is 18.8 Å². The Morgan fingerprint density at radius 2 is 1.86 bits per heavy atom. The number of hydrazine groups is 1. The van der Waals surface area contributed by atoms with E-state index in [1.54, 1.807) is 24.1 Å². The molecule has 0 unspecified atom stereocenters. The van der Waals surface area contributed by atoms with Gasteiger partial charge in [0.25, 0.3) is 0 Å². The maximum absolute atomic E-state index is 12.9. The molecule has 1 heterocycles. The average Bonchev–Trinajstić information content (AvgIpc) is 2.45. The lowest BCUT2D eigenvalue weighted by atomic mass is 10.2. The van der Waals surface area contributed by atoms with Crippen LogP contribution >= 0.6 is 0 Å². The summed E-state index contributed by atoms with van der Waals surface area (Å²) in [5.41, 5.74) is 2.65. The molecular weight excluding hydrogens is 283 g/mol. The summed E-state index contributed by atoms with van der Waals surface area (Å²) in [5, 5.41) is 0. The molecule has 0 aliphatic carbocycles. The second kappa shape index (κ2) is 5.57. The van der Waals surface area contributed by atoms with Crippen LogP contribution in [-0.4, -0.2) is 17.0 Å². The van der Waals surface area contributed by atoms with E-state index in [2.05, 4.69) is 15.4 Å². The summed E-state index contributed by atoms with van der Waals surface area (Å²) in [6, 6.07) is 8.18. The van der Waals surface area contributed by atoms with Gasteiger partial charge >= 0.3 is 6.18 Å². The molecule has 2 aromatic rings. The van der Waals surface area contributed by atoms with Crippen LogP contribution in [0.4, 0.5) is 30.6 Å². The quantitative estimate of drug-likeness (QED) is 0.673. The van der Waals surface area contributed by atoms with Gasteiger partial charge in [-0.15, -0.1) is 0 Å². The molecule has 0 saturated heterocycles. The molecule has 5 nitrogen and oxygen atoms in total. The van der Waals surface area contributed by atoms with Crippen molar-refractivity contribution in [3.63, 3.8) is 0 Å². The molecule has 0 radical (unpaired) electrons. The molecular formula is C13H14F3N5. The Morgan fingerprint density at radius 1 is 1.19 bits per heavy atom. The highest BCUT2D eigenvalue weighted by molar-refractivity contribution is 5.63. The fraction of sp³-hybridized carbons (Fsp3) is 0.231. The number of nitrogens with one attached hydrogen (secondary N) is 1. The Hall–Kier alpha value is -2.35. The van der Waals surface area contributed by atoms with E-state index in [0.717, 1.165) is 17.3 Å². The van der Waals surface area contributed by atoms with Crippen LogP contribution in [0.1, 0.15) is 11.3 Å². The maximum atomic E-state index is 12.9. The zero-order valence-corrected chi connectivity index (χ0v) is 11.4. The van der Waals surface area contributed by atoms with Gasteiger partial charge in [0.15, 0.2) is 5.69 Å². The van der Waals surface area contributed by atoms with Crippen LogP contribution < -0.4 is 16.2 Å². The number of para-hydroxylation sites is 1. The van der Waals surface area contributed by atoms with Crippen molar-refractivity contribution in [1.29, 1.82) is 0 Å². The van der Waals surface area contributed by atoms with Crippen molar-refractivity contribution in [3.8, 4) is 0 Å². The first kappa shape index (κ1) is 15.0. The van der Waals surface area contributed by atoms with E-state index in [1.807, 2.05) is 19.1 Å². The molecule has 112 valence electrons.